The number of benzene rings is 1. The Morgan fingerprint density at radius 3 is 2.58 bits per heavy atom. The van der Waals surface area contributed by atoms with Crippen molar-refractivity contribution in [2.45, 2.75) is 56.7 Å². The van der Waals surface area contributed by atoms with Gasteiger partial charge in [-0.3, -0.25) is 4.90 Å². The Morgan fingerprint density at radius 2 is 1.89 bits per heavy atom. The molecule has 2 aliphatic carbocycles. The first kappa shape index (κ1) is 11.9. The molecule has 0 radical (unpaired) electrons. The van der Waals surface area contributed by atoms with Crippen molar-refractivity contribution in [1.82, 2.24) is 4.90 Å². The summed E-state index contributed by atoms with van der Waals surface area (Å²) in [6.07, 6.45) is 5.53. The van der Waals surface area contributed by atoms with Crippen LogP contribution in [0.4, 0.5) is 0 Å². The highest BCUT2D eigenvalue weighted by molar-refractivity contribution is 5.36. The molecule has 102 valence electrons. The molecule has 0 spiro atoms. The Morgan fingerprint density at radius 1 is 1.11 bits per heavy atom. The largest absolute Gasteiger partial charge is 0.323 e. The van der Waals surface area contributed by atoms with E-state index >= 15 is 0 Å². The summed E-state index contributed by atoms with van der Waals surface area (Å²) in [6.45, 7) is 3.67. The molecule has 2 bridgehead atoms. The first-order valence-electron chi connectivity index (χ1n) is 7.84. The maximum atomic E-state index is 6.62. The predicted molar refractivity (Wildman–Crippen MR) is 78.0 cm³/mol. The second kappa shape index (κ2) is 4.32. The van der Waals surface area contributed by atoms with Gasteiger partial charge in [0.2, 0.25) is 0 Å². The van der Waals surface area contributed by atoms with E-state index in [1.54, 1.807) is 0 Å². The van der Waals surface area contributed by atoms with Gasteiger partial charge in [-0.25, -0.2) is 0 Å². The number of fused-ring (bicyclic) bond motifs is 3. The first-order chi connectivity index (χ1) is 9.24. The molecule has 1 saturated heterocycles. The molecule has 1 aromatic rings. The minimum atomic E-state index is 0.215. The third-order valence-corrected chi connectivity index (χ3v) is 5.77. The molecule has 4 rings (SSSR count). The number of nitrogens with zero attached hydrogens (tertiary/aromatic N) is 1. The van der Waals surface area contributed by atoms with E-state index in [2.05, 4.69) is 36.1 Å². The van der Waals surface area contributed by atoms with Crippen LogP contribution in [0.1, 0.15) is 55.7 Å². The van der Waals surface area contributed by atoms with Crippen LogP contribution >= 0.6 is 0 Å². The fourth-order valence-electron chi connectivity index (χ4n) is 4.82. The molecule has 1 aliphatic heterocycles. The van der Waals surface area contributed by atoms with Gasteiger partial charge < -0.3 is 5.73 Å². The molecule has 3 aliphatic rings. The third kappa shape index (κ3) is 1.77. The summed E-state index contributed by atoms with van der Waals surface area (Å²) in [5.74, 6) is 1.62. The van der Waals surface area contributed by atoms with Gasteiger partial charge in [-0.2, -0.15) is 0 Å². The Bertz CT molecular complexity index is 484. The molecule has 2 fully saturated rings. The van der Waals surface area contributed by atoms with Crippen LogP contribution in [0.15, 0.2) is 24.3 Å². The van der Waals surface area contributed by atoms with Gasteiger partial charge in [0, 0.05) is 24.7 Å². The number of likely N-dealkylation sites (tertiary alicyclic amines) is 1. The zero-order valence-corrected chi connectivity index (χ0v) is 11.8. The highest BCUT2D eigenvalue weighted by Gasteiger charge is 2.44. The van der Waals surface area contributed by atoms with E-state index in [1.807, 2.05) is 0 Å². The minimum Gasteiger partial charge on any atom is -0.323 e. The lowest BCUT2D eigenvalue weighted by molar-refractivity contribution is 0.110. The summed E-state index contributed by atoms with van der Waals surface area (Å²) in [7, 11) is 0. The third-order valence-electron chi connectivity index (χ3n) is 5.77. The lowest BCUT2D eigenvalue weighted by Gasteiger charge is -2.43. The highest BCUT2D eigenvalue weighted by Crippen LogP contribution is 2.45. The van der Waals surface area contributed by atoms with E-state index in [0.29, 0.717) is 12.0 Å². The molecule has 19 heavy (non-hydrogen) atoms. The van der Waals surface area contributed by atoms with E-state index in [9.17, 15) is 0 Å². The molecule has 1 heterocycles. The Hall–Kier alpha value is -0.860. The van der Waals surface area contributed by atoms with Crippen molar-refractivity contribution >= 4 is 0 Å². The van der Waals surface area contributed by atoms with Crippen molar-refractivity contribution in [3.05, 3.63) is 35.4 Å². The smallest absolute Gasteiger partial charge is 0.0456 e. The van der Waals surface area contributed by atoms with Gasteiger partial charge in [0.15, 0.2) is 0 Å². The predicted octanol–water partition coefficient (Wildman–Crippen LogP) is 3.05. The molecule has 1 saturated carbocycles. The van der Waals surface area contributed by atoms with Crippen LogP contribution in [-0.2, 0) is 0 Å². The Kier molecular flexibility index (Phi) is 2.71. The van der Waals surface area contributed by atoms with E-state index in [4.69, 9.17) is 5.73 Å². The van der Waals surface area contributed by atoms with Crippen LogP contribution in [0.3, 0.4) is 0 Å². The normalized spacial score (nSPS) is 41.5. The molecular weight excluding hydrogens is 232 g/mol. The van der Waals surface area contributed by atoms with Gasteiger partial charge in [0.05, 0.1) is 0 Å². The Balaban J connectivity index is 1.65. The maximum absolute atomic E-state index is 6.62. The fraction of sp³-hybridized carbons (Fsp3) is 0.647. The van der Waals surface area contributed by atoms with Gasteiger partial charge in [0.25, 0.3) is 0 Å². The van der Waals surface area contributed by atoms with Crippen molar-refractivity contribution in [3.63, 3.8) is 0 Å². The van der Waals surface area contributed by atoms with Crippen LogP contribution in [0.25, 0.3) is 0 Å². The van der Waals surface area contributed by atoms with E-state index in [-0.39, 0.29) is 6.04 Å². The summed E-state index contributed by atoms with van der Waals surface area (Å²) < 4.78 is 0. The fourth-order valence-corrected chi connectivity index (χ4v) is 4.82. The van der Waals surface area contributed by atoms with Gasteiger partial charge in [-0.15, -0.1) is 0 Å². The number of hydrogen-bond donors (Lipinski definition) is 1. The highest BCUT2D eigenvalue weighted by atomic mass is 15.2. The standard InChI is InChI=1S/C17H24N2/c1-11-8-16(19-10-12-6-7-13(19)9-12)17(18)15-5-3-2-4-14(11)15/h2-5,11-13,16-17H,6-10,18H2,1H3. The molecule has 2 nitrogen and oxygen atoms in total. The zero-order valence-electron chi connectivity index (χ0n) is 11.8. The summed E-state index contributed by atoms with van der Waals surface area (Å²) >= 11 is 0. The lowest BCUT2D eigenvalue weighted by Crippen LogP contribution is -2.49. The number of piperidine rings is 1. The van der Waals surface area contributed by atoms with E-state index in [0.717, 1.165) is 12.0 Å². The topological polar surface area (TPSA) is 29.3 Å². The average molecular weight is 256 g/mol. The van der Waals surface area contributed by atoms with E-state index < -0.39 is 0 Å². The molecular formula is C17H24N2. The zero-order chi connectivity index (χ0) is 13.0. The lowest BCUT2D eigenvalue weighted by atomic mass is 9.77. The number of hydrogen-bond acceptors (Lipinski definition) is 2. The van der Waals surface area contributed by atoms with Crippen molar-refractivity contribution in [2.24, 2.45) is 11.7 Å². The van der Waals surface area contributed by atoms with Gasteiger partial charge in [-0.1, -0.05) is 31.2 Å². The van der Waals surface area contributed by atoms with Crippen LogP contribution in [0, 0.1) is 5.92 Å². The Labute approximate surface area is 116 Å². The van der Waals surface area contributed by atoms with Crippen molar-refractivity contribution in [1.29, 1.82) is 0 Å². The SMILES string of the molecule is CC1CC(N2CC3CCC2C3)C(N)c2ccccc21. The van der Waals surface area contributed by atoms with Gasteiger partial charge >= 0.3 is 0 Å². The summed E-state index contributed by atoms with van der Waals surface area (Å²) in [6, 6.07) is 10.4. The molecule has 5 unspecified atom stereocenters. The van der Waals surface area contributed by atoms with Crippen molar-refractivity contribution < 1.29 is 0 Å². The molecule has 2 heteroatoms. The summed E-state index contributed by atoms with van der Waals surface area (Å²) in [5.41, 5.74) is 9.50. The quantitative estimate of drug-likeness (QED) is 0.837. The average Bonchev–Trinajstić information content (AvgIpc) is 3.05. The maximum Gasteiger partial charge on any atom is 0.0456 e. The molecule has 5 atom stereocenters. The minimum absolute atomic E-state index is 0.215. The van der Waals surface area contributed by atoms with Crippen LogP contribution < -0.4 is 5.73 Å². The number of rotatable bonds is 1. The van der Waals surface area contributed by atoms with Crippen molar-refractivity contribution in [2.75, 3.05) is 6.54 Å². The molecule has 2 N–H and O–H groups in total. The molecule has 0 amide bonds. The first-order valence-corrected chi connectivity index (χ1v) is 7.84. The van der Waals surface area contributed by atoms with E-state index in [1.165, 1.54) is 43.4 Å². The van der Waals surface area contributed by atoms with Gasteiger partial charge in [0.1, 0.15) is 0 Å². The second-order valence-corrected chi connectivity index (χ2v) is 6.89. The summed E-state index contributed by atoms with van der Waals surface area (Å²) in [5, 5.41) is 0. The molecule has 1 aromatic carbocycles. The summed E-state index contributed by atoms with van der Waals surface area (Å²) in [4.78, 5) is 2.76. The van der Waals surface area contributed by atoms with Crippen LogP contribution in [0.2, 0.25) is 0 Å². The van der Waals surface area contributed by atoms with Gasteiger partial charge in [-0.05, 0) is 48.6 Å². The monoisotopic (exact) mass is 256 g/mol. The number of nitrogens with two attached hydrogens (primary N) is 1. The second-order valence-electron chi connectivity index (χ2n) is 6.89. The van der Waals surface area contributed by atoms with Crippen LogP contribution in [-0.4, -0.2) is 23.5 Å². The van der Waals surface area contributed by atoms with Crippen molar-refractivity contribution in [3.8, 4) is 0 Å². The van der Waals surface area contributed by atoms with Crippen LogP contribution in [0.5, 0.6) is 0 Å². The molecule has 0 aromatic heterocycles.